The summed E-state index contributed by atoms with van der Waals surface area (Å²) >= 11 is 4.58. The lowest BCUT2D eigenvalue weighted by atomic mass is 9.90. The number of fused-ring (bicyclic) bond motifs is 1. The van der Waals surface area contributed by atoms with Gasteiger partial charge in [0, 0.05) is 10.8 Å². The molecule has 0 aliphatic carbocycles. The van der Waals surface area contributed by atoms with Gasteiger partial charge in [-0.3, -0.25) is 0 Å². The first-order chi connectivity index (χ1) is 8.84. The van der Waals surface area contributed by atoms with Crippen LogP contribution in [0.5, 0.6) is 0 Å². The van der Waals surface area contributed by atoms with Crippen LogP contribution >= 0.6 is 12.2 Å². The number of carboxylic acid groups (broad SMARTS) is 1. The maximum absolute atomic E-state index is 11.2. The highest BCUT2D eigenvalue weighted by atomic mass is 32.1. The van der Waals surface area contributed by atoms with Gasteiger partial charge in [-0.1, -0.05) is 20.8 Å². The minimum absolute atomic E-state index is 0.265. The van der Waals surface area contributed by atoms with Crippen LogP contribution in [0.15, 0.2) is 23.2 Å². The maximum atomic E-state index is 11.2. The van der Waals surface area contributed by atoms with E-state index in [4.69, 9.17) is 0 Å². The third-order valence-electron chi connectivity index (χ3n) is 2.73. The molecule has 0 atom stereocenters. The highest BCUT2D eigenvalue weighted by molar-refractivity contribution is 7.78. The summed E-state index contributed by atoms with van der Waals surface area (Å²) < 4.78 is 0.987. The van der Waals surface area contributed by atoms with Crippen LogP contribution < -0.4 is 0 Å². The van der Waals surface area contributed by atoms with E-state index in [9.17, 15) is 9.90 Å². The largest absolute Gasteiger partial charge is 0.463 e. The van der Waals surface area contributed by atoms with Gasteiger partial charge in [-0.05, 0) is 30.4 Å². The first-order valence-corrected chi connectivity index (χ1v) is 6.10. The van der Waals surface area contributed by atoms with E-state index in [1.165, 1.54) is 0 Å². The Hall–Kier alpha value is -2.04. The summed E-state index contributed by atoms with van der Waals surface area (Å²) in [5, 5.41) is 16.4. The molecule has 0 saturated heterocycles. The van der Waals surface area contributed by atoms with Crippen molar-refractivity contribution in [3.05, 3.63) is 23.9 Å². The van der Waals surface area contributed by atoms with Crippen molar-refractivity contribution in [2.24, 2.45) is 4.99 Å². The van der Waals surface area contributed by atoms with Gasteiger partial charge in [0.05, 0.1) is 22.1 Å². The van der Waals surface area contributed by atoms with Crippen LogP contribution in [-0.2, 0) is 5.41 Å². The Kier molecular flexibility index (Phi) is 3.22. The monoisotopic (exact) mass is 275 g/mol. The molecule has 0 unspecified atom stereocenters. The molecule has 0 fully saturated rings. The van der Waals surface area contributed by atoms with Crippen LogP contribution in [0.3, 0.4) is 0 Å². The summed E-state index contributed by atoms with van der Waals surface area (Å²) in [4.78, 5) is 15.1. The third kappa shape index (κ3) is 2.41. The van der Waals surface area contributed by atoms with Crippen LogP contribution in [0.25, 0.3) is 10.9 Å². The number of hydrogen-bond acceptors (Lipinski definition) is 4. The molecule has 0 aliphatic heterocycles. The van der Waals surface area contributed by atoms with Gasteiger partial charge >= 0.3 is 6.09 Å². The van der Waals surface area contributed by atoms with Crippen LogP contribution in [0, 0.1) is 0 Å². The molecule has 2 rings (SSSR count). The number of benzene rings is 1. The van der Waals surface area contributed by atoms with E-state index < -0.39 is 6.09 Å². The van der Waals surface area contributed by atoms with Gasteiger partial charge in [0.2, 0.25) is 0 Å². The molecule has 0 bridgehead atoms. The van der Waals surface area contributed by atoms with Crippen molar-refractivity contribution in [2.75, 3.05) is 0 Å². The summed E-state index contributed by atoms with van der Waals surface area (Å²) in [5.41, 5.74) is 1.63. The molecular formula is C13H13N3O2S. The van der Waals surface area contributed by atoms with Crippen LogP contribution in [0.4, 0.5) is 10.5 Å². The van der Waals surface area contributed by atoms with Crippen molar-refractivity contribution in [3.8, 4) is 0 Å². The first kappa shape index (κ1) is 13.4. The molecule has 6 heteroatoms. The summed E-state index contributed by atoms with van der Waals surface area (Å²) in [6.07, 6.45) is -1.11. The predicted molar refractivity (Wildman–Crippen MR) is 76.5 cm³/mol. The van der Waals surface area contributed by atoms with Crippen molar-refractivity contribution in [2.45, 2.75) is 26.2 Å². The minimum Gasteiger partial charge on any atom is -0.463 e. The lowest BCUT2D eigenvalue weighted by Crippen LogP contribution is -2.15. The van der Waals surface area contributed by atoms with Crippen molar-refractivity contribution >= 4 is 40.1 Å². The number of aromatic nitrogens is 2. The Morgan fingerprint density at radius 3 is 2.68 bits per heavy atom. The van der Waals surface area contributed by atoms with Crippen molar-refractivity contribution < 1.29 is 9.90 Å². The van der Waals surface area contributed by atoms with Gasteiger partial charge in [-0.25, -0.2) is 4.79 Å². The fourth-order valence-corrected chi connectivity index (χ4v) is 2.03. The summed E-state index contributed by atoms with van der Waals surface area (Å²) in [6.45, 7) is 5.95. The normalized spacial score (nSPS) is 11.3. The summed E-state index contributed by atoms with van der Waals surface area (Å²) in [5.74, 6) is 0. The molecule has 0 spiro atoms. The molecule has 1 N–H and O–H groups in total. The molecular weight excluding hydrogens is 262 g/mol. The number of carbonyl (C=O) groups is 1. The van der Waals surface area contributed by atoms with Crippen molar-refractivity contribution in [1.82, 2.24) is 9.78 Å². The number of isothiocyanates is 1. The maximum Gasteiger partial charge on any atom is 0.432 e. The number of rotatable bonds is 1. The lowest BCUT2D eigenvalue weighted by Gasteiger charge is -2.15. The van der Waals surface area contributed by atoms with E-state index in [0.717, 1.165) is 10.1 Å². The van der Waals surface area contributed by atoms with E-state index in [1.54, 1.807) is 18.2 Å². The molecule has 0 saturated carbocycles. The van der Waals surface area contributed by atoms with E-state index in [-0.39, 0.29) is 5.41 Å². The summed E-state index contributed by atoms with van der Waals surface area (Å²) in [7, 11) is 0. The zero-order valence-electron chi connectivity index (χ0n) is 10.8. The van der Waals surface area contributed by atoms with Gasteiger partial charge in [0.1, 0.15) is 0 Å². The fourth-order valence-electron chi connectivity index (χ4n) is 1.93. The van der Waals surface area contributed by atoms with Crippen molar-refractivity contribution in [1.29, 1.82) is 0 Å². The van der Waals surface area contributed by atoms with E-state index >= 15 is 0 Å². The molecule has 0 radical (unpaired) electrons. The SMILES string of the molecule is CC(C)(C)c1nn(C(=O)O)c2ccc(N=C=S)cc12. The Bertz CT molecular complexity index is 706. The molecule has 0 aliphatic rings. The van der Waals surface area contributed by atoms with Crippen LogP contribution in [0.2, 0.25) is 0 Å². The van der Waals surface area contributed by atoms with Crippen molar-refractivity contribution in [3.63, 3.8) is 0 Å². The second-order valence-electron chi connectivity index (χ2n) is 5.20. The lowest BCUT2D eigenvalue weighted by molar-refractivity contribution is 0.193. The van der Waals surface area contributed by atoms with Gasteiger partial charge in [0.25, 0.3) is 0 Å². The van der Waals surface area contributed by atoms with Gasteiger partial charge < -0.3 is 5.11 Å². The average molecular weight is 275 g/mol. The number of nitrogens with zero attached hydrogens (tertiary/aromatic N) is 3. The molecule has 1 aromatic heterocycles. The molecule has 1 aromatic carbocycles. The second-order valence-corrected chi connectivity index (χ2v) is 5.38. The molecule has 98 valence electrons. The Balaban J connectivity index is 2.83. The van der Waals surface area contributed by atoms with E-state index in [2.05, 4.69) is 27.5 Å². The Labute approximate surface area is 115 Å². The number of hydrogen-bond donors (Lipinski definition) is 1. The highest BCUT2D eigenvalue weighted by Gasteiger charge is 2.24. The number of thiocarbonyl (C=S) groups is 1. The van der Waals surface area contributed by atoms with Gasteiger partial charge in [-0.15, -0.1) is 0 Å². The third-order valence-corrected chi connectivity index (χ3v) is 2.82. The van der Waals surface area contributed by atoms with Gasteiger partial charge in [-0.2, -0.15) is 14.8 Å². The van der Waals surface area contributed by atoms with E-state index in [1.807, 2.05) is 20.8 Å². The predicted octanol–water partition coefficient (Wildman–Crippen LogP) is 3.59. The molecule has 0 amide bonds. The standard InChI is InChI=1S/C13H13N3O2S/c1-13(2,3)11-9-6-8(14-7-19)4-5-10(9)16(15-11)12(17)18/h4-6H,1-3H3,(H,17,18). The second kappa shape index (κ2) is 4.57. The Morgan fingerprint density at radius 1 is 1.47 bits per heavy atom. The van der Waals surface area contributed by atoms with E-state index in [0.29, 0.717) is 16.9 Å². The molecule has 2 aromatic rings. The summed E-state index contributed by atoms with van der Waals surface area (Å²) in [6, 6.07) is 5.15. The quantitative estimate of drug-likeness (QED) is 0.638. The highest BCUT2D eigenvalue weighted by Crippen LogP contribution is 2.31. The number of aliphatic imine (C=N–C) groups is 1. The fraction of sp³-hybridized carbons (Fsp3) is 0.308. The molecule has 19 heavy (non-hydrogen) atoms. The zero-order valence-corrected chi connectivity index (χ0v) is 11.7. The first-order valence-electron chi connectivity index (χ1n) is 5.69. The molecule has 1 heterocycles. The molecule has 5 nitrogen and oxygen atoms in total. The smallest absolute Gasteiger partial charge is 0.432 e. The topological polar surface area (TPSA) is 67.5 Å². The van der Waals surface area contributed by atoms with Crippen LogP contribution in [0.1, 0.15) is 26.5 Å². The average Bonchev–Trinajstić information content (AvgIpc) is 2.67. The zero-order chi connectivity index (χ0) is 14.2. The van der Waals surface area contributed by atoms with Gasteiger partial charge in [0.15, 0.2) is 0 Å². The minimum atomic E-state index is -1.11. The van der Waals surface area contributed by atoms with Crippen LogP contribution in [-0.4, -0.2) is 26.1 Å². The Morgan fingerprint density at radius 2 is 2.16 bits per heavy atom.